The first kappa shape index (κ1) is 21.2. The van der Waals surface area contributed by atoms with Crippen LogP contribution in [0.4, 0.5) is 0 Å². The van der Waals surface area contributed by atoms with Gasteiger partial charge in [0.2, 0.25) is 5.91 Å². The second-order valence-electron chi connectivity index (χ2n) is 6.61. The number of aryl methyl sites for hydroxylation is 2. The minimum atomic E-state index is -0.571. The van der Waals surface area contributed by atoms with E-state index in [4.69, 9.17) is 4.74 Å². The van der Waals surface area contributed by atoms with E-state index in [2.05, 4.69) is 10.6 Å². The highest BCUT2D eigenvalue weighted by molar-refractivity contribution is 5.93. The first-order valence-corrected chi connectivity index (χ1v) is 9.30. The van der Waals surface area contributed by atoms with Crippen molar-refractivity contribution in [3.05, 3.63) is 52.8 Å². The molecule has 1 heterocycles. The Labute approximate surface area is 165 Å². The summed E-state index contributed by atoms with van der Waals surface area (Å²) in [7, 11) is 0. The van der Waals surface area contributed by atoms with Crippen molar-refractivity contribution >= 4 is 17.8 Å². The van der Waals surface area contributed by atoms with E-state index in [-0.39, 0.29) is 12.5 Å². The van der Waals surface area contributed by atoms with Gasteiger partial charge in [-0.3, -0.25) is 9.59 Å². The van der Waals surface area contributed by atoms with Crippen LogP contribution in [0, 0.1) is 20.8 Å². The molecule has 1 aromatic heterocycles. The first-order valence-electron chi connectivity index (χ1n) is 9.30. The molecule has 7 heteroatoms. The zero-order valence-corrected chi connectivity index (χ0v) is 16.8. The summed E-state index contributed by atoms with van der Waals surface area (Å²) in [5.41, 5.74) is 4.14. The minimum Gasteiger partial charge on any atom is -0.452 e. The van der Waals surface area contributed by atoms with Gasteiger partial charge in [0, 0.05) is 23.6 Å². The molecular weight excluding hydrogens is 358 g/mol. The number of ether oxygens (including phenoxy) is 1. The van der Waals surface area contributed by atoms with E-state index < -0.39 is 18.5 Å². The molecule has 150 valence electrons. The first-order chi connectivity index (χ1) is 13.3. The number of esters is 1. The molecular formula is C21H27N3O4. The highest BCUT2D eigenvalue weighted by Gasteiger charge is 2.19. The van der Waals surface area contributed by atoms with E-state index >= 15 is 0 Å². The Morgan fingerprint density at radius 3 is 2.43 bits per heavy atom. The highest BCUT2D eigenvalue weighted by atomic mass is 16.5. The standard InChI is InChI=1S/C21H27N3O4/c1-5-10-22-19(25)12-23-20(26)13-28-21(27)17-11-15(3)24(16(17)4)18-9-7-6-8-14(18)2/h6-9,11H,5,10,12-13H2,1-4H3,(H,22,25)(H,23,26). The maximum atomic E-state index is 12.4. The van der Waals surface area contributed by atoms with Gasteiger partial charge in [0.05, 0.1) is 12.1 Å². The van der Waals surface area contributed by atoms with Gasteiger partial charge in [0.1, 0.15) is 0 Å². The van der Waals surface area contributed by atoms with Gasteiger partial charge in [-0.15, -0.1) is 0 Å². The molecule has 0 aliphatic rings. The predicted octanol–water partition coefficient (Wildman–Crippen LogP) is 2.20. The van der Waals surface area contributed by atoms with Gasteiger partial charge in [-0.25, -0.2) is 4.79 Å². The predicted molar refractivity (Wildman–Crippen MR) is 107 cm³/mol. The van der Waals surface area contributed by atoms with E-state index in [0.717, 1.165) is 29.1 Å². The molecule has 1 aromatic carbocycles. The number of hydrogen-bond donors (Lipinski definition) is 2. The SMILES string of the molecule is CCCNC(=O)CNC(=O)COC(=O)c1cc(C)n(-c2ccccc2C)c1C. The number of carbonyl (C=O) groups is 3. The molecule has 0 aliphatic carbocycles. The van der Waals surface area contributed by atoms with Crippen LogP contribution in [0.15, 0.2) is 30.3 Å². The second kappa shape index (κ2) is 9.73. The monoisotopic (exact) mass is 385 g/mol. The molecule has 0 saturated heterocycles. The summed E-state index contributed by atoms with van der Waals surface area (Å²) in [6.07, 6.45) is 0.818. The molecule has 7 nitrogen and oxygen atoms in total. The normalized spacial score (nSPS) is 10.4. The van der Waals surface area contributed by atoms with Crippen LogP contribution < -0.4 is 10.6 Å². The number of aromatic nitrogens is 1. The van der Waals surface area contributed by atoms with Crippen molar-refractivity contribution in [2.45, 2.75) is 34.1 Å². The van der Waals surface area contributed by atoms with Crippen molar-refractivity contribution < 1.29 is 19.1 Å². The average molecular weight is 385 g/mol. The van der Waals surface area contributed by atoms with Crippen LogP contribution in [0.3, 0.4) is 0 Å². The third kappa shape index (κ3) is 5.22. The molecule has 0 aliphatic heterocycles. The zero-order valence-electron chi connectivity index (χ0n) is 16.8. The van der Waals surface area contributed by atoms with Gasteiger partial charge in [-0.05, 0) is 44.9 Å². The molecule has 2 N–H and O–H groups in total. The third-order valence-electron chi connectivity index (χ3n) is 4.36. The molecule has 28 heavy (non-hydrogen) atoms. The molecule has 0 radical (unpaired) electrons. The second-order valence-corrected chi connectivity index (χ2v) is 6.61. The van der Waals surface area contributed by atoms with Gasteiger partial charge in [-0.2, -0.15) is 0 Å². The van der Waals surface area contributed by atoms with Crippen molar-refractivity contribution in [3.63, 3.8) is 0 Å². The van der Waals surface area contributed by atoms with E-state index in [0.29, 0.717) is 12.1 Å². The van der Waals surface area contributed by atoms with Gasteiger partial charge >= 0.3 is 5.97 Å². The number of nitrogens with one attached hydrogen (secondary N) is 2. The lowest BCUT2D eigenvalue weighted by Gasteiger charge is -2.12. The summed E-state index contributed by atoms with van der Waals surface area (Å²) < 4.78 is 7.11. The summed E-state index contributed by atoms with van der Waals surface area (Å²) in [6, 6.07) is 9.65. The van der Waals surface area contributed by atoms with Crippen molar-refractivity contribution in [1.29, 1.82) is 0 Å². The molecule has 0 unspecified atom stereocenters. The molecule has 0 bridgehead atoms. The van der Waals surface area contributed by atoms with Crippen molar-refractivity contribution in [2.24, 2.45) is 0 Å². The van der Waals surface area contributed by atoms with Gasteiger partial charge < -0.3 is 19.9 Å². The van der Waals surface area contributed by atoms with Crippen LogP contribution in [0.1, 0.15) is 40.7 Å². The molecule has 0 fully saturated rings. The molecule has 2 rings (SSSR count). The molecule has 2 aromatic rings. The lowest BCUT2D eigenvalue weighted by atomic mass is 10.2. The van der Waals surface area contributed by atoms with Gasteiger partial charge in [0.15, 0.2) is 6.61 Å². The lowest BCUT2D eigenvalue weighted by molar-refractivity contribution is -0.127. The third-order valence-corrected chi connectivity index (χ3v) is 4.36. The summed E-state index contributed by atoms with van der Waals surface area (Å²) >= 11 is 0. The fourth-order valence-corrected chi connectivity index (χ4v) is 2.92. The van der Waals surface area contributed by atoms with Gasteiger partial charge in [-0.1, -0.05) is 25.1 Å². The number of para-hydroxylation sites is 1. The topological polar surface area (TPSA) is 89.4 Å². The number of benzene rings is 1. The Balaban J connectivity index is 1.98. The summed E-state index contributed by atoms with van der Waals surface area (Å²) in [5, 5.41) is 5.08. The fraction of sp³-hybridized carbons (Fsp3) is 0.381. The van der Waals surface area contributed by atoms with Crippen LogP contribution in [-0.4, -0.2) is 42.0 Å². The van der Waals surface area contributed by atoms with Crippen molar-refractivity contribution in [3.8, 4) is 5.69 Å². The number of carbonyl (C=O) groups excluding carboxylic acids is 3. The Kier molecular flexibility index (Phi) is 7.37. The van der Waals surface area contributed by atoms with Crippen molar-refractivity contribution in [2.75, 3.05) is 19.7 Å². The molecule has 0 atom stereocenters. The van der Waals surface area contributed by atoms with E-state index in [1.54, 1.807) is 6.07 Å². The maximum Gasteiger partial charge on any atom is 0.340 e. The Hall–Kier alpha value is -3.09. The van der Waals surface area contributed by atoms with Crippen LogP contribution in [0.2, 0.25) is 0 Å². The van der Waals surface area contributed by atoms with E-state index in [9.17, 15) is 14.4 Å². The van der Waals surface area contributed by atoms with Crippen LogP contribution in [-0.2, 0) is 14.3 Å². The number of rotatable bonds is 8. The highest BCUT2D eigenvalue weighted by Crippen LogP contribution is 2.23. The quantitative estimate of drug-likeness (QED) is 0.682. The van der Waals surface area contributed by atoms with E-state index in [1.165, 1.54) is 0 Å². The molecule has 0 saturated carbocycles. The van der Waals surface area contributed by atoms with Crippen LogP contribution >= 0.6 is 0 Å². The smallest absolute Gasteiger partial charge is 0.340 e. The number of amides is 2. The Bertz CT molecular complexity index is 871. The summed E-state index contributed by atoms with van der Waals surface area (Å²) in [6.45, 7) is 7.68. The fourth-order valence-electron chi connectivity index (χ4n) is 2.92. The summed E-state index contributed by atoms with van der Waals surface area (Å²) in [5.74, 6) is -1.37. The van der Waals surface area contributed by atoms with Gasteiger partial charge in [0.25, 0.3) is 5.91 Å². The van der Waals surface area contributed by atoms with Crippen LogP contribution in [0.25, 0.3) is 5.69 Å². The number of nitrogens with zero attached hydrogens (tertiary/aromatic N) is 1. The maximum absolute atomic E-state index is 12.4. The van der Waals surface area contributed by atoms with Crippen LogP contribution in [0.5, 0.6) is 0 Å². The molecule has 0 spiro atoms. The Morgan fingerprint density at radius 2 is 1.75 bits per heavy atom. The number of hydrogen-bond acceptors (Lipinski definition) is 4. The lowest BCUT2D eigenvalue weighted by Crippen LogP contribution is -2.38. The minimum absolute atomic E-state index is 0.141. The molecule has 2 amide bonds. The Morgan fingerprint density at radius 1 is 1.04 bits per heavy atom. The largest absolute Gasteiger partial charge is 0.452 e. The average Bonchev–Trinajstić information content (AvgIpc) is 2.97. The van der Waals surface area contributed by atoms with Crippen molar-refractivity contribution in [1.82, 2.24) is 15.2 Å². The summed E-state index contributed by atoms with van der Waals surface area (Å²) in [4.78, 5) is 35.7. The van der Waals surface area contributed by atoms with E-state index in [1.807, 2.05) is 56.5 Å². The zero-order chi connectivity index (χ0) is 20.7.